The third kappa shape index (κ3) is 4.32. The molecule has 0 saturated heterocycles. The topological polar surface area (TPSA) is 68.4 Å². The fraction of sp³-hybridized carbons (Fsp3) is 0.125. The summed E-state index contributed by atoms with van der Waals surface area (Å²) in [5, 5.41) is -0.0719. The summed E-state index contributed by atoms with van der Waals surface area (Å²) in [4.78, 5) is 1.88. The molecule has 0 unspecified atom stereocenters. The molecule has 3 aromatic rings. The Balaban J connectivity index is 1.99. The minimum Gasteiger partial charge on any atom is -0.406 e. The smallest absolute Gasteiger partial charge is 0.406 e. The molecular formula is C16H9F6NO4S. The highest BCUT2D eigenvalue weighted by molar-refractivity contribution is 7.91. The average molecular weight is 425 g/mol. The second kappa shape index (κ2) is 6.62. The first-order valence-electron chi connectivity index (χ1n) is 7.33. The summed E-state index contributed by atoms with van der Waals surface area (Å²) in [5.41, 5.74) is 0.227. The van der Waals surface area contributed by atoms with E-state index in [1.807, 2.05) is 0 Å². The first-order valence-corrected chi connectivity index (χ1v) is 8.81. The predicted octanol–water partition coefficient (Wildman–Crippen LogP) is 4.80. The van der Waals surface area contributed by atoms with E-state index in [0.29, 0.717) is 0 Å². The van der Waals surface area contributed by atoms with Crippen LogP contribution >= 0.6 is 0 Å². The molecular weight excluding hydrogens is 416 g/mol. The highest BCUT2D eigenvalue weighted by atomic mass is 32.2. The van der Waals surface area contributed by atoms with E-state index in [1.54, 1.807) is 0 Å². The van der Waals surface area contributed by atoms with Gasteiger partial charge in [0.2, 0.25) is 9.84 Å². The quantitative estimate of drug-likeness (QED) is 0.610. The van der Waals surface area contributed by atoms with Crippen LogP contribution in [-0.4, -0.2) is 26.1 Å². The molecule has 1 aromatic heterocycles. The van der Waals surface area contributed by atoms with Crippen LogP contribution < -0.4 is 9.47 Å². The lowest BCUT2D eigenvalue weighted by molar-refractivity contribution is -0.275. The summed E-state index contributed by atoms with van der Waals surface area (Å²) >= 11 is 0. The van der Waals surface area contributed by atoms with Crippen LogP contribution in [0.25, 0.3) is 10.9 Å². The number of rotatable bonds is 4. The summed E-state index contributed by atoms with van der Waals surface area (Å²) < 4.78 is 107. The minimum absolute atomic E-state index is 0.0719. The van der Waals surface area contributed by atoms with Gasteiger partial charge in [0.1, 0.15) is 11.5 Å². The summed E-state index contributed by atoms with van der Waals surface area (Å²) in [6.45, 7) is 0. The molecule has 0 atom stereocenters. The summed E-state index contributed by atoms with van der Waals surface area (Å²) in [6, 6.07) is 6.52. The maximum atomic E-state index is 12.8. The first kappa shape index (κ1) is 19.9. The van der Waals surface area contributed by atoms with Gasteiger partial charge in [0.05, 0.1) is 9.79 Å². The van der Waals surface area contributed by atoms with E-state index < -0.39 is 34.1 Å². The lowest BCUT2D eigenvalue weighted by Gasteiger charge is -2.10. The van der Waals surface area contributed by atoms with Crippen LogP contribution in [0.2, 0.25) is 0 Å². The molecule has 0 aliphatic carbocycles. The van der Waals surface area contributed by atoms with E-state index in [0.717, 1.165) is 42.6 Å². The van der Waals surface area contributed by atoms with Crippen molar-refractivity contribution in [2.75, 3.05) is 0 Å². The summed E-state index contributed by atoms with van der Waals surface area (Å²) in [5.74, 6) is -1.24. The van der Waals surface area contributed by atoms with Crippen LogP contribution in [0.1, 0.15) is 0 Å². The molecule has 0 saturated carbocycles. The van der Waals surface area contributed by atoms with Gasteiger partial charge in [-0.05, 0) is 42.5 Å². The first-order chi connectivity index (χ1) is 12.9. The molecule has 28 heavy (non-hydrogen) atoms. The van der Waals surface area contributed by atoms with Crippen molar-refractivity contribution < 1.29 is 44.2 Å². The maximum absolute atomic E-state index is 12.8. The van der Waals surface area contributed by atoms with Crippen molar-refractivity contribution in [2.45, 2.75) is 22.5 Å². The van der Waals surface area contributed by atoms with E-state index in [9.17, 15) is 34.8 Å². The van der Waals surface area contributed by atoms with E-state index >= 15 is 0 Å². The Labute approximate surface area is 153 Å². The minimum atomic E-state index is -4.96. The molecule has 150 valence electrons. The molecule has 3 rings (SSSR count). The number of aromatic amines is 1. The SMILES string of the molecule is O=S(=O)(c1ccc(OC(F)(F)F)cc1)c1c[nH]c2ccc(OC(F)(F)F)cc12. The third-order valence-electron chi connectivity index (χ3n) is 3.51. The number of H-pyrrole nitrogens is 1. The number of alkyl halides is 6. The van der Waals surface area contributed by atoms with Crippen molar-refractivity contribution in [3.05, 3.63) is 48.7 Å². The van der Waals surface area contributed by atoms with Gasteiger partial charge in [-0.1, -0.05) is 0 Å². The molecule has 12 heteroatoms. The second-order valence-corrected chi connectivity index (χ2v) is 7.35. The van der Waals surface area contributed by atoms with Crippen LogP contribution in [0.3, 0.4) is 0 Å². The summed E-state index contributed by atoms with van der Waals surface area (Å²) in [6.07, 6.45) is -8.83. The Morgan fingerprint density at radius 3 is 1.89 bits per heavy atom. The number of hydrogen-bond donors (Lipinski definition) is 1. The van der Waals surface area contributed by atoms with Crippen LogP contribution in [0.5, 0.6) is 11.5 Å². The normalized spacial score (nSPS) is 12.9. The van der Waals surface area contributed by atoms with Crippen LogP contribution in [-0.2, 0) is 9.84 Å². The second-order valence-electron chi connectivity index (χ2n) is 5.43. The van der Waals surface area contributed by atoms with E-state index in [2.05, 4.69) is 14.5 Å². The van der Waals surface area contributed by atoms with Crippen molar-refractivity contribution in [3.63, 3.8) is 0 Å². The van der Waals surface area contributed by atoms with Crippen LogP contribution in [0.15, 0.2) is 58.5 Å². The van der Waals surface area contributed by atoms with Crippen molar-refractivity contribution in [2.24, 2.45) is 0 Å². The fourth-order valence-corrected chi connectivity index (χ4v) is 3.86. The number of benzene rings is 2. The van der Waals surface area contributed by atoms with Crippen molar-refractivity contribution in [1.29, 1.82) is 0 Å². The standard InChI is InChI=1S/C16H9F6NO4S/c17-15(18,19)26-9-1-4-11(5-2-9)28(24,25)14-8-23-13-6-3-10(7-12(13)14)27-16(20,21)22/h1-8,23H. The molecule has 1 N–H and O–H groups in total. The Morgan fingerprint density at radius 2 is 1.32 bits per heavy atom. The lowest BCUT2D eigenvalue weighted by Crippen LogP contribution is -2.17. The number of ether oxygens (including phenoxy) is 2. The Kier molecular flexibility index (Phi) is 4.69. The highest BCUT2D eigenvalue weighted by Crippen LogP contribution is 2.33. The van der Waals surface area contributed by atoms with Gasteiger partial charge in [0, 0.05) is 17.1 Å². The zero-order chi connectivity index (χ0) is 20.7. The fourth-order valence-electron chi connectivity index (χ4n) is 2.44. The number of nitrogens with one attached hydrogen (secondary N) is 1. The molecule has 1 heterocycles. The number of hydrogen-bond acceptors (Lipinski definition) is 4. The van der Waals surface area contributed by atoms with E-state index in [-0.39, 0.29) is 20.7 Å². The van der Waals surface area contributed by atoms with Gasteiger partial charge < -0.3 is 14.5 Å². The van der Waals surface area contributed by atoms with Gasteiger partial charge in [-0.3, -0.25) is 0 Å². The zero-order valence-corrected chi connectivity index (χ0v) is 14.2. The lowest BCUT2D eigenvalue weighted by atomic mass is 10.2. The molecule has 0 bridgehead atoms. The molecule has 5 nitrogen and oxygen atoms in total. The van der Waals surface area contributed by atoms with Gasteiger partial charge in [0.15, 0.2) is 0 Å². The number of aromatic nitrogens is 1. The van der Waals surface area contributed by atoms with Crippen molar-refractivity contribution in [1.82, 2.24) is 4.98 Å². The Bertz CT molecular complexity index is 1100. The largest absolute Gasteiger partial charge is 0.573 e. The van der Waals surface area contributed by atoms with Gasteiger partial charge in [-0.2, -0.15) is 0 Å². The monoisotopic (exact) mass is 425 g/mol. The maximum Gasteiger partial charge on any atom is 0.573 e. The van der Waals surface area contributed by atoms with Gasteiger partial charge in [-0.25, -0.2) is 8.42 Å². The van der Waals surface area contributed by atoms with Crippen LogP contribution in [0.4, 0.5) is 26.3 Å². The molecule has 0 spiro atoms. The average Bonchev–Trinajstić information content (AvgIpc) is 2.96. The van der Waals surface area contributed by atoms with Gasteiger partial charge in [-0.15, -0.1) is 26.3 Å². The van der Waals surface area contributed by atoms with E-state index in [1.165, 1.54) is 6.07 Å². The Hall–Kier alpha value is -2.89. The molecule has 0 aliphatic rings. The molecule has 0 amide bonds. The molecule has 0 fully saturated rings. The van der Waals surface area contributed by atoms with E-state index in [4.69, 9.17) is 0 Å². The third-order valence-corrected chi connectivity index (χ3v) is 5.32. The highest BCUT2D eigenvalue weighted by Gasteiger charge is 2.32. The van der Waals surface area contributed by atoms with Crippen molar-refractivity contribution in [3.8, 4) is 11.5 Å². The zero-order valence-electron chi connectivity index (χ0n) is 13.4. The molecule has 0 radical (unpaired) electrons. The molecule has 2 aromatic carbocycles. The number of fused-ring (bicyclic) bond motifs is 1. The number of sulfone groups is 1. The number of halogens is 6. The van der Waals surface area contributed by atoms with Gasteiger partial charge >= 0.3 is 12.7 Å². The predicted molar refractivity (Wildman–Crippen MR) is 83.6 cm³/mol. The van der Waals surface area contributed by atoms with Crippen molar-refractivity contribution >= 4 is 20.7 Å². The van der Waals surface area contributed by atoms with Crippen LogP contribution in [0, 0.1) is 0 Å². The van der Waals surface area contributed by atoms with Gasteiger partial charge in [0.25, 0.3) is 0 Å². The molecule has 0 aliphatic heterocycles. The summed E-state index contributed by atoms with van der Waals surface area (Å²) in [7, 11) is -4.25. The Morgan fingerprint density at radius 1 is 0.786 bits per heavy atom.